The van der Waals surface area contributed by atoms with Crippen LogP contribution in [0.25, 0.3) is 10.9 Å². The highest BCUT2D eigenvalue weighted by Gasteiger charge is 2.30. The number of hydrogen-bond donors (Lipinski definition) is 1. The van der Waals surface area contributed by atoms with Gasteiger partial charge in [-0.2, -0.15) is 0 Å². The molecular formula is C26H24ClN3O3S. The summed E-state index contributed by atoms with van der Waals surface area (Å²) in [6, 6.07) is 12.4. The molecule has 0 atom stereocenters. The van der Waals surface area contributed by atoms with Gasteiger partial charge in [-0.1, -0.05) is 29.8 Å². The van der Waals surface area contributed by atoms with E-state index in [9.17, 15) is 14.7 Å². The first-order valence-corrected chi connectivity index (χ1v) is 12.5. The molecular weight excluding hydrogens is 470 g/mol. The summed E-state index contributed by atoms with van der Waals surface area (Å²) in [5.41, 5.74) is 3.26. The average Bonchev–Trinajstić information content (AvgIpc) is 3.42. The van der Waals surface area contributed by atoms with E-state index in [1.54, 1.807) is 46.0 Å². The zero-order chi connectivity index (χ0) is 23.8. The molecule has 5 rings (SSSR count). The number of fused-ring (bicyclic) bond motifs is 1. The Kier molecular flexibility index (Phi) is 6.25. The molecule has 2 aromatic heterocycles. The van der Waals surface area contributed by atoms with Crippen molar-refractivity contribution < 1.29 is 14.7 Å². The number of amides is 1. The molecule has 8 heteroatoms. The second kappa shape index (κ2) is 9.33. The van der Waals surface area contributed by atoms with Crippen LogP contribution >= 0.6 is 22.9 Å². The van der Waals surface area contributed by atoms with Crippen molar-refractivity contribution in [3.8, 4) is 0 Å². The standard InChI is InChI=1S/C26H24ClN3O3S/c1-16-20(13-24(32)29(14-17-6-7-17)26-28-10-11-34-26)21-12-18(15-31)8-9-23(21)30(16)25(33)19-4-2-3-5-22(19)27/h2-5,8-12,17,31H,6-7,13-15H2,1H3. The number of thiazole rings is 1. The van der Waals surface area contributed by atoms with Crippen molar-refractivity contribution in [2.75, 3.05) is 11.4 Å². The van der Waals surface area contributed by atoms with Gasteiger partial charge in [0, 0.05) is 29.2 Å². The summed E-state index contributed by atoms with van der Waals surface area (Å²) < 4.78 is 1.62. The van der Waals surface area contributed by atoms with Crippen LogP contribution in [0.5, 0.6) is 0 Å². The molecule has 1 N–H and O–H groups in total. The largest absolute Gasteiger partial charge is 0.392 e. The number of aliphatic hydroxyl groups excluding tert-OH is 1. The lowest BCUT2D eigenvalue weighted by atomic mass is 10.0. The predicted molar refractivity (Wildman–Crippen MR) is 135 cm³/mol. The molecule has 1 aliphatic carbocycles. The minimum absolute atomic E-state index is 0.0522. The molecule has 0 radical (unpaired) electrons. The molecule has 1 aliphatic rings. The highest BCUT2D eigenvalue weighted by Crippen LogP contribution is 2.34. The van der Waals surface area contributed by atoms with Crippen molar-refractivity contribution in [3.63, 3.8) is 0 Å². The number of carbonyl (C=O) groups is 2. The summed E-state index contributed by atoms with van der Waals surface area (Å²) in [7, 11) is 0. The number of aromatic nitrogens is 2. The van der Waals surface area contributed by atoms with Gasteiger partial charge < -0.3 is 5.11 Å². The molecule has 2 heterocycles. The van der Waals surface area contributed by atoms with E-state index in [2.05, 4.69) is 4.98 Å². The van der Waals surface area contributed by atoms with E-state index >= 15 is 0 Å². The average molecular weight is 494 g/mol. The van der Waals surface area contributed by atoms with Crippen LogP contribution in [0.1, 0.15) is 40.0 Å². The third-order valence-electron chi connectivity index (χ3n) is 6.31. The van der Waals surface area contributed by atoms with Gasteiger partial charge in [-0.15, -0.1) is 11.3 Å². The number of benzene rings is 2. The molecule has 4 aromatic rings. The zero-order valence-corrected chi connectivity index (χ0v) is 20.3. The molecule has 1 fully saturated rings. The van der Waals surface area contributed by atoms with Gasteiger partial charge in [0.2, 0.25) is 5.91 Å². The Hall–Kier alpha value is -3.00. The fraction of sp³-hybridized carbons (Fsp3) is 0.269. The van der Waals surface area contributed by atoms with E-state index in [1.807, 2.05) is 24.4 Å². The normalized spacial score (nSPS) is 13.4. The van der Waals surface area contributed by atoms with Gasteiger partial charge in [0.25, 0.3) is 5.91 Å². The smallest absolute Gasteiger partial charge is 0.264 e. The van der Waals surface area contributed by atoms with Gasteiger partial charge in [0.15, 0.2) is 5.13 Å². The number of carbonyl (C=O) groups excluding carboxylic acids is 2. The molecule has 0 unspecified atom stereocenters. The molecule has 174 valence electrons. The van der Waals surface area contributed by atoms with Crippen LogP contribution in [0, 0.1) is 12.8 Å². The number of aliphatic hydroxyl groups is 1. The first kappa shape index (κ1) is 22.8. The third-order valence-corrected chi connectivity index (χ3v) is 7.43. The van der Waals surface area contributed by atoms with Crippen molar-refractivity contribution in [1.29, 1.82) is 0 Å². The number of halogens is 1. The van der Waals surface area contributed by atoms with Crippen molar-refractivity contribution in [2.45, 2.75) is 32.8 Å². The summed E-state index contributed by atoms with van der Waals surface area (Å²) in [6.45, 7) is 2.38. The lowest BCUT2D eigenvalue weighted by Crippen LogP contribution is -2.34. The third kappa shape index (κ3) is 4.27. The van der Waals surface area contributed by atoms with E-state index in [0.717, 1.165) is 29.4 Å². The fourth-order valence-electron chi connectivity index (χ4n) is 4.31. The van der Waals surface area contributed by atoms with Crippen LogP contribution in [0.3, 0.4) is 0 Å². The molecule has 1 amide bonds. The molecule has 0 bridgehead atoms. The van der Waals surface area contributed by atoms with Crippen LogP contribution < -0.4 is 4.90 Å². The minimum atomic E-state index is -0.252. The van der Waals surface area contributed by atoms with Crippen molar-refractivity contribution >= 4 is 50.8 Å². The number of anilines is 1. The highest BCUT2D eigenvalue weighted by atomic mass is 35.5. The Morgan fingerprint density at radius 3 is 2.71 bits per heavy atom. The van der Waals surface area contributed by atoms with E-state index in [0.29, 0.717) is 39.4 Å². The Morgan fingerprint density at radius 1 is 1.24 bits per heavy atom. The molecule has 0 saturated heterocycles. The predicted octanol–water partition coefficient (Wildman–Crippen LogP) is 5.23. The summed E-state index contributed by atoms with van der Waals surface area (Å²) in [4.78, 5) is 33.3. The minimum Gasteiger partial charge on any atom is -0.392 e. The molecule has 1 saturated carbocycles. The Morgan fingerprint density at radius 2 is 2.03 bits per heavy atom. The molecule has 2 aromatic carbocycles. The van der Waals surface area contributed by atoms with Crippen molar-refractivity contribution in [3.05, 3.63) is 81.4 Å². The number of nitrogens with zero attached hydrogens (tertiary/aromatic N) is 3. The van der Waals surface area contributed by atoms with Gasteiger partial charge in [0.05, 0.1) is 29.1 Å². The van der Waals surface area contributed by atoms with E-state index < -0.39 is 0 Å². The summed E-state index contributed by atoms with van der Waals surface area (Å²) in [6.07, 6.45) is 4.09. The topological polar surface area (TPSA) is 75.4 Å². The van der Waals surface area contributed by atoms with Crippen LogP contribution in [0.15, 0.2) is 54.0 Å². The SMILES string of the molecule is Cc1c(CC(=O)N(CC2CC2)c2nccs2)c2cc(CO)ccc2n1C(=O)c1ccccc1Cl. The molecule has 0 spiro atoms. The summed E-state index contributed by atoms with van der Waals surface area (Å²) in [5, 5.41) is 13.4. The van der Waals surface area contributed by atoms with Gasteiger partial charge in [-0.25, -0.2) is 4.98 Å². The van der Waals surface area contributed by atoms with E-state index in [4.69, 9.17) is 11.6 Å². The fourth-order valence-corrected chi connectivity index (χ4v) is 5.20. The maximum absolute atomic E-state index is 13.6. The van der Waals surface area contributed by atoms with Crippen LogP contribution in [-0.2, 0) is 17.8 Å². The Labute approximate surface area is 206 Å². The number of rotatable bonds is 7. The molecule has 0 aliphatic heterocycles. The van der Waals surface area contributed by atoms with E-state index in [1.165, 1.54) is 11.3 Å². The lowest BCUT2D eigenvalue weighted by molar-refractivity contribution is -0.118. The maximum Gasteiger partial charge on any atom is 0.264 e. The van der Waals surface area contributed by atoms with E-state index in [-0.39, 0.29) is 24.8 Å². The first-order chi connectivity index (χ1) is 16.5. The second-order valence-electron chi connectivity index (χ2n) is 8.63. The van der Waals surface area contributed by atoms with Gasteiger partial charge in [-0.05, 0) is 61.1 Å². The maximum atomic E-state index is 13.6. The quantitative estimate of drug-likeness (QED) is 0.382. The molecule has 34 heavy (non-hydrogen) atoms. The first-order valence-electron chi connectivity index (χ1n) is 11.2. The highest BCUT2D eigenvalue weighted by molar-refractivity contribution is 7.13. The summed E-state index contributed by atoms with van der Waals surface area (Å²) >= 11 is 7.78. The lowest BCUT2D eigenvalue weighted by Gasteiger charge is -2.20. The van der Waals surface area contributed by atoms with Crippen LogP contribution in [0.4, 0.5) is 5.13 Å². The van der Waals surface area contributed by atoms with Crippen LogP contribution in [0.2, 0.25) is 5.02 Å². The van der Waals surface area contributed by atoms with Gasteiger partial charge in [0.1, 0.15) is 0 Å². The summed E-state index contributed by atoms with van der Waals surface area (Å²) in [5.74, 6) is 0.208. The van der Waals surface area contributed by atoms with Gasteiger partial charge >= 0.3 is 0 Å². The second-order valence-corrected chi connectivity index (χ2v) is 9.91. The van der Waals surface area contributed by atoms with Crippen LogP contribution in [-0.4, -0.2) is 33.0 Å². The van der Waals surface area contributed by atoms with Gasteiger partial charge in [-0.3, -0.25) is 19.1 Å². The van der Waals surface area contributed by atoms with Crippen molar-refractivity contribution in [2.24, 2.45) is 5.92 Å². The van der Waals surface area contributed by atoms with Crippen molar-refractivity contribution in [1.82, 2.24) is 9.55 Å². The number of hydrogen-bond acceptors (Lipinski definition) is 5. The Balaban J connectivity index is 1.59. The zero-order valence-electron chi connectivity index (χ0n) is 18.7. The Bertz CT molecular complexity index is 1380. The monoisotopic (exact) mass is 493 g/mol. The molecule has 6 nitrogen and oxygen atoms in total.